The Morgan fingerprint density at radius 1 is 1.14 bits per heavy atom. The summed E-state index contributed by atoms with van der Waals surface area (Å²) in [5.74, 6) is -0.905. The number of aryl methyl sites for hydroxylation is 2. The minimum Gasteiger partial charge on any atom is -0.481 e. The van der Waals surface area contributed by atoms with Gasteiger partial charge in [-0.2, -0.15) is 0 Å². The highest BCUT2D eigenvalue weighted by Gasteiger charge is 2.34. The molecule has 0 unspecified atom stereocenters. The van der Waals surface area contributed by atoms with Crippen molar-refractivity contribution in [2.45, 2.75) is 52.9 Å². The molecule has 2 N–H and O–H groups in total. The number of nitrogens with one attached hydrogen (secondary N) is 1. The van der Waals surface area contributed by atoms with Gasteiger partial charge in [-0.1, -0.05) is 43.7 Å². The Hall–Kier alpha value is -1.84. The Morgan fingerprint density at radius 3 is 2.23 bits per heavy atom. The van der Waals surface area contributed by atoms with E-state index in [2.05, 4.69) is 29.6 Å². The number of hydrogen-bond donors (Lipinski definition) is 2. The van der Waals surface area contributed by atoms with Crippen molar-refractivity contribution < 1.29 is 14.7 Å². The van der Waals surface area contributed by atoms with Crippen molar-refractivity contribution in [2.75, 3.05) is 6.54 Å². The Morgan fingerprint density at radius 2 is 1.73 bits per heavy atom. The third-order valence-corrected chi connectivity index (χ3v) is 4.42. The number of rotatable bonds is 9. The molecule has 0 saturated heterocycles. The molecule has 0 aliphatic rings. The quantitative estimate of drug-likeness (QED) is 0.735. The second-order valence-electron chi connectivity index (χ2n) is 5.91. The molecular formula is C18H27NO3. The van der Waals surface area contributed by atoms with Gasteiger partial charge in [0.15, 0.2) is 0 Å². The molecule has 4 nitrogen and oxygen atoms in total. The van der Waals surface area contributed by atoms with E-state index < -0.39 is 11.4 Å². The fourth-order valence-electron chi connectivity index (χ4n) is 2.44. The number of carbonyl (C=O) groups excluding carboxylic acids is 1. The van der Waals surface area contributed by atoms with Crippen LogP contribution in [0.3, 0.4) is 0 Å². The van der Waals surface area contributed by atoms with Crippen LogP contribution in [0.5, 0.6) is 0 Å². The van der Waals surface area contributed by atoms with Gasteiger partial charge < -0.3 is 10.4 Å². The van der Waals surface area contributed by atoms with Gasteiger partial charge >= 0.3 is 5.97 Å². The molecule has 1 aromatic carbocycles. The molecule has 0 aromatic heterocycles. The van der Waals surface area contributed by atoms with Crippen molar-refractivity contribution in [2.24, 2.45) is 5.41 Å². The second-order valence-corrected chi connectivity index (χ2v) is 5.91. The molecule has 4 heteroatoms. The molecule has 0 saturated carbocycles. The van der Waals surface area contributed by atoms with Gasteiger partial charge in [0.1, 0.15) is 0 Å². The minimum atomic E-state index is -0.841. The lowest BCUT2D eigenvalue weighted by Crippen LogP contribution is -2.42. The molecule has 22 heavy (non-hydrogen) atoms. The molecular weight excluding hydrogens is 278 g/mol. The van der Waals surface area contributed by atoms with E-state index in [1.165, 1.54) is 11.1 Å². The first-order chi connectivity index (χ1) is 10.4. The first kappa shape index (κ1) is 18.2. The highest BCUT2D eigenvalue weighted by molar-refractivity contribution is 5.79. The zero-order valence-corrected chi connectivity index (χ0v) is 13.8. The highest BCUT2D eigenvalue weighted by Crippen LogP contribution is 2.25. The molecule has 0 aliphatic carbocycles. The number of carboxylic acids is 1. The molecule has 0 bridgehead atoms. The standard InChI is InChI=1S/C18H27NO3/c1-4-18(5-2,17(21)22)13-19-16(20)8-6-7-15-11-9-14(3)10-12-15/h9-12H,4-8,13H2,1-3H3,(H,19,20)(H,21,22). The maximum Gasteiger partial charge on any atom is 0.311 e. The second kappa shape index (κ2) is 8.57. The molecule has 0 aliphatic heterocycles. The Bertz CT molecular complexity index is 490. The van der Waals surface area contributed by atoms with E-state index in [1.54, 1.807) is 0 Å². The highest BCUT2D eigenvalue weighted by atomic mass is 16.4. The van der Waals surface area contributed by atoms with E-state index in [0.29, 0.717) is 19.3 Å². The van der Waals surface area contributed by atoms with E-state index in [4.69, 9.17) is 0 Å². The van der Waals surface area contributed by atoms with Gasteiger partial charge in [0, 0.05) is 13.0 Å². The lowest BCUT2D eigenvalue weighted by molar-refractivity contribution is -0.149. The molecule has 0 spiro atoms. The first-order valence-electron chi connectivity index (χ1n) is 7.99. The Balaban J connectivity index is 2.37. The van der Waals surface area contributed by atoms with E-state index >= 15 is 0 Å². The lowest BCUT2D eigenvalue weighted by atomic mass is 9.82. The van der Waals surface area contributed by atoms with Crippen LogP contribution in [0.1, 0.15) is 50.7 Å². The summed E-state index contributed by atoms with van der Waals surface area (Å²) in [4.78, 5) is 23.3. The summed E-state index contributed by atoms with van der Waals surface area (Å²) in [5, 5.41) is 12.1. The lowest BCUT2D eigenvalue weighted by Gasteiger charge is -2.26. The summed E-state index contributed by atoms with van der Waals surface area (Å²) in [6.45, 7) is 5.95. The zero-order chi connectivity index (χ0) is 16.6. The predicted molar refractivity (Wildman–Crippen MR) is 87.8 cm³/mol. The number of hydrogen-bond acceptors (Lipinski definition) is 2. The number of carboxylic acid groups (broad SMARTS) is 1. The number of carbonyl (C=O) groups is 2. The molecule has 1 aromatic rings. The van der Waals surface area contributed by atoms with E-state index in [9.17, 15) is 14.7 Å². The summed E-state index contributed by atoms with van der Waals surface area (Å²) >= 11 is 0. The largest absolute Gasteiger partial charge is 0.481 e. The summed E-state index contributed by atoms with van der Waals surface area (Å²) < 4.78 is 0. The van der Waals surface area contributed by atoms with Crippen molar-refractivity contribution in [3.05, 3.63) is 35.4 Å². The maximum atomic E-state index is 11.9. The van der Waals surface area contributed by atoms with Crippen molar-refractivity contribution >= 4 is 11.9 Å². The summed E-state index contributed by atoms with van der Waals surface area (Å²) in [7, 11) is 0. The molecule has 0 fully saturated rings. The van der Waals surface area contributed by atoms with Crippen LogP contribution < -0.4 is 5.32 Å². The average Bonchev–Trinajstić information content (AvgIpc) is 2.50. The number of aliphatic carboxylic acids is 1. The van der Waals surface area contributed by atoms with Crippen LogP contribution in [0, 0.1) is 12.3 Å². The van der Waals surface area contributed by atoms with Gasteiger partial charge in [0.25, 0.3) is 0 Å². The van der Waals surface area contributed by atoms with Crippen LogP contribution in [0.4, 0.5) is 0 Å². The van der Waals surface area contributed by atoms with Crippen molar-refractivity contribution in [1.82, 2.24) is 5.32 Å². The van der Waals surface area contributed by atoms with E-state index in [-0.39, 0.29) is 12.5 Å². The summed E-state index contributed by atoms with van der Waals surface area (Å²) in [6, 6.07) is 8.30. The van der Waals surface area contributed by atoms with Gasteiger partial charge in [-0.25, -0.2) is 0 Å². The molecule has 0 radical (unpaired) electrons. The zero-order valence-electron chi connectivity index (χ0n) is 13.8. The number of benzene rings is 1. The summed E-state index contributed by atoms with van der Waals surface area (Å²) in [6.07, 6.45) is 3.09. The van der Waals surface area contributed by atoms with Crippen LogP contribution in [0.15, 0.2) is 24.3 Å². The third-order valence-electron chi connectivity index (χ3n) is 4.42. The van der Waals surface area contributed by atoms with Gasteiger partial charge in [-0.15, -0.1) is 0 Å². The predicted octanol–water partition coefficient (Wildman–Crippen LogP) is 3.32. The normalized spacial score (nSPS) is 11.2. The van der Waals surface area contributed by atoms with Gasteiger partial charge in [0.2, 0.25) is 5.91 Å². The van der Waals surface area contributed by atoms with Gasteiger partial charge in [-0.3, -0.25) is 9.59 Å². The fourth-order valence-corrected chi connectivity index (χ4v) is 2.44. The average molecular weight is 305 g/mol. The Kier molecular flexibility index (Phi) is 7.09. The minimum absolute atomic E-state index is 0.0698. The summed E-state index contributed by atoms with van der Waals surface area (Å²) in [5.41, 5.74) is 1.61. The smallest absolute Gasteiger partial charge is 0.311 e. The van der Waals surface area contributed by atoms with Crippen molar-refractivity contribution in [3.8, 4) is 0 Å². The van der Waals surface area contributed by atoms with Crippen LogP contribution in [0.2, 0.25) is 0 Å². The van der Waals surface area contributed by atoms with Crippen molar-refractivity contribution in [1.29, 1.82) is 0 Å². The molecule has 122 valence electrons. The topological polar surface area (TPSA) is 66.4 Å². The first-order valence-corrected chi connectivity index (χ1v) is 7.99. The maximum absolute atomic E-state index is 11.9. The molecule has 1 amide bonds. The molecule has 0 heterocycles. The van der Waals surface area contributed by atoms with Crippen LogP contribution in [-0.4, -0.2) is 23.5 Å². The third kappa shape index (κ3) is 5.17. The number of amides is 1. The van der Waals surface area contributed by atoms with Gasteiger partial charge in [0.05, 0.1) is 5.41 Å². The SMILES string of the molecule is CCC(CC)(CNC(=O)CCCc1ccc(C)cc1)C(=O)O. The van der Waals surface area contributed by atoms with Gasteiger partial charge in [-0.05, 0) is 38.2 Å². The van der Waals surface area contributed by atoms with Crippen LogP contribution >= 0.6 is 0 Å². The molecule has 0 atom stereocenters. The van der Waals surface area contributed by atoms with E-state index in [0.717, 1.165) is 12.8 Å². The monoisotopic (exact) mass is 305 g/mol. The van der Waals surface area contributed by atoms with Crippen LogP contribution in [0.25, 0.3) is 0 Å². The molecule has 1 rings (SSSR count). The van der Waals surface area contributed by atoms with Crippen molar-refractivity contribution in [3.63, 3.8) is 0 Å². The van der Waals surface area contributed by atoms with E-state index in [1.807, 2.05) is 20.8 Å². The Labute approximate surface area is 132 Å². The van der Waals surface area contributed by atoms with Crippen LogP contribution in [-0.2, 0) is 16.0 Å². The fraction of sp³-hybridized carbons (Fsp3) is 0.556.